The van der Waals surface area contributed by atoms with Gasteiger partial charge in [0, 0.05) is 0 Å². The van der Waals surface area contributed by atoms with Crippen LogP contribution >= 0.6 is 7.60 Å². The lowest BCUT2D eigenvalue weighted by atomic mass is 10.0. The molecule has 252 valence electrons. The van der Waals surface area contributed by atoms with Gasteiger partial charge >= 0.3 is 19.7 Å². The van der Waals surface area contributed by atoms with Gasteiger partial charge in [0.25, 0.3) is 0 Å². The largest absolute Gasteiger partial charge is 0.471 e. The van der Waals surface area contributed by atoms with Crippen LogP contribution in [0.3, 0.4) is 0 Å². The Morgan fingerprint density at radius 2 is 1.57 bits per heavy atom. The first-order chi connectivity index (χ1) is 20.9. The number of carbonyl (C=O) groups is 1. The molecule has 0 aromatic carbocycles. The van der Waals surface area contributed by atoms with Crippen molar-refractivity contribution in [3.05, 3.63) is 12.7 Å². The molecule has 2 aromatic heterocycles. The summed E-state index contributed by atoms with van der Waals surface area (Å²) < 4.78 is 63.5. The fourth-order valence-corrected chi connectivity index (χ4v) is 5.81. The van der Waals surface area contributed by atoms with Gasteiger partial charge < -0.3 is 29.8 Å². The third kappa shape index (κ3) is 15.1. The SMILES string of the molecule is CCCCCCCCCCCCCCCC[C@H](COP(=O)(O)CO[C@H](C)Cn1cnc2c(N)ncnc21)NC(=O)C(F)(F)F. The van der Waals surface area contributed by atoms with Crippen LogP contribution in [0.15, 0.2) is 12.7 Å². The smallest absolute Gasteiger partial charge is 0.382 e. The summed E-state index contributed by atoms with van der Waals surface area (Å²) in [7, 11) is -4.33. The standard InChI is InChI=1S/C29H50F3N6O5P/c1-3-4-5-6-7-8-9-10-11-12-13-14-15-16-17-24(37-28(39)29(30,31)32)19-43-44(40,41)22-42-23(2)18-38-21-36-25-26(33)34-20-35-27(25)38/h20-21,23-24H,3-19,22H2,1-2H3,(H,37,39)(H,40,41)(H2,33,34,35)/t23-,24-/m1/s1. The quantitative estimate of drug-likeness (QED) is 0.0814. The van der Waals surface area contributed by atoms with Crippen LogP contribution in [-0.4, -0.2) is 61.6 Å². The summed E-state index contributed by atoms with van der Waals surface area (Å²) in [5.74, 6) is -1.89. The number of carbonyl (C=O) groups excluding carboxylic acids is 1. The van der Waals surface area contributed by atoms with E-state index in [-0.39, 0.29) is 18.8 Å². The third-order valence-corrected chi connectivity index (χ3v) is 8.41. The molecule has 0 saturated carbocycles. The van der Waals surface area contributed by atoms with E-state index < -0.39 is 44.8 Å². The van der Waals surface area contributed by atoms with Crippen molar-refractivity contribution in [2.24, 2.45) is 0 Å². The number of amides is 1. The molecule has 11 nitrogen and oxygen atoms in total. The number of aromatic nitrogens is 4. The van der Waals surface area contributed by atoms with Crippen LogP contribution in [0.25, 0.3) is 11.2 Å². The highest BCUT2D eigenvalue weighted by Crippen LogP contribution is 2.42. The molecule has 1 unspecified atom stereocenters. The van der Waals surface area contributed by atoms with Gasteiger partial charge in [-0.1, -0.05) is 96.8 Å². The lowest BCUT2D eigenvalue weighted by Crippen LogP contribution is -2.45. The molecule has 0 bridgehead atoms. The molecule has 0 spiro atoms. The zero-order valence-corrected chi connectivity index (χ0v) is 27.0. The second-order valence-electron chi connectivity index (χ2n) is 11.4. The summed E-state index contributed by atoms with van der Waals surface area (Å²) in [6, 6.07) is -1.07. The molecule has 1 amide bonds. The number of unbranched alkanes of at least 4 members (excludes halogenated alkanes) is 13. The van der Waals surface area contributed by atoms with Crippen LogP contribution in [0.1, 0.15) is 110 Å². The van der Waals surface area contributed by atoms with E-state index >= 15 is 0 Å². The Hall–Kier alpha value is -2.28. The van der Waals surface area contributed by atoms with Crippen LogP contribution < -0.4 is 11.1 Å². The molecule has 0 aliphatic rings. The van der Waals surface area contributed by atoms with Crippen molar-refractivity contribution in [1.82, 2.24) is 24.8 Å². The summed E-state index contributed by atoms with van der Waals surface area (Å²) in [4.78, 5) is 34.0. The zero-order chi connectivity index (χ0) is 32.4. The van der Waals surface area contributed by atoms with E-state index in [2.05, 4.69) is 21.9 Å². The Bertz CT molecular complexity index is 1150. The maximum atomic E-state index is 12.9. The van der Waals surface area contributed by atoms with E-state index in [9.17, 15) is 27.4 Å². The average molecular weight is 651 g/mol. The molecule has 2 heterocycles. The molecule has 0 aliphatic carbocycles. The van der Waals surface area contributed by atoms with Gasteiger partial charge in [-0.2, -0.15) is 13.2 Å². The van der Waals surface area contributed by atoms with E-state index in [0.717, 1.165) is 25.7 Å². The maximum absolute atomic E-state index is 12.9. The number of nitrogens with zero attached hydrogens (tertiary/aromatic N) is 4. The van der Waals surface area contributed by atoms with Gasteiger partial charge in [0.1, 0.15) is 18.2 Å². The summed E-state index contributed by atoms with van der Waals surface area (Å²) in [5, 5.41) is 1.90. The van der Waals surface area contributed by atoms with E-state index in [1.807, 2.05) is 5.32 Å². The molecule has 15 heteroatoms. The van der Waals surface area contributed by atoms with Crippen molar-refractivity contribution in [2.45, 2.75) is 135 Å². The van der Waals surface area contributed by atoms with Crippen molar-refractivity contribution >= 4 is 30.5 Å². The summed E-state index contributed by atoms with van der Waals surface area (Å²) in [5.41, 5.74) is 6.68. The van der Waals surface area contributed by atoms with Crippen LogP contribution in [-0.2, 0) is 25.2 Å². The van der Waals surface area contributed by atoms with Gasteiger partial charge in [-0.3, -0.25) is 9.36 Å². The molecule has 0 fully saturated rings. The van der Waals surface area contributed by atoms with Gasteiger partial charge in [-0.15, -0.1) is 0 Å². The van der Waals surface area contributed by atoms with E-state index in [4.69, 9.17) is 15.0 Å². The Balaban J connectivity index is 1.69. The van der Waals surface area contributed by atoms with E-state index in [1.165, 1.54) is 70.4 Å². The first kappa shape index (κ1) is 37.9. The predicted molar refractivity (Wildman–Crippen MR) is 164 cm³/mol. The van der Waals surface area contributed by atoms with E-state index in [0.29, 0.717) is 17.6 Å². The molecule has 2 aromatic rings. The van der Waals surface area contributed by atoms with Crippen LogP contribution in [0.2, 0.25) is 0 Å². The van der Waals surface area contributed by atoms with Crippen LogP contribution in [0.4, 0.5) is 19.0 Å². The van der Waals surface area contributed by atoms with Gasteiger partial charge in [0.2, 0.25) is 0 Å². The lowest BCUT2D eigenvalue weighted by Gasteiger charge is -2.22. The number of fused-ring (bicyclic) bond motifs is 1. The van der Waals surface area contributed by atoms with Crippen molar-refractivity contribution < 1.29 is 36.7 Å². The number of ether oxygens (including phenoxy) is 1. The summed E-state index contributed by atoms with van der Waals surface area (Å²) >= 11 is 0. The predicted octanol–water partition coefficient (Wildman–Crippen LogP) is 6.89. The molecule has 4 N–H and O–H groups in total. The third-order valence-electron chi connectivity index (χ3n) is 7.38. The molecule has 3 atom stereocenters. The molecular weight excluding hydrogens is 600 g/mol. The molecule has 2 rings (SSSR count). The van der Waals surface area contributed by atoms with Gasteiger partial charge in [-0.05, 0) is 13.3 Å². The Morgan fingerprint density at radius 3 is 2.14 bits per heavy atom. The highest BCUT2D eigenvalue weighted by molar-refractivity contribution is 7.52. The second kappa shape index (κ2) is 20.0. The highest BCUT2D eigenvalue weighted by atomic mass is 31.2. The normalized spacial score (nSPS) is 14.9. The van der Waals surface area contributed by atoms with Crippen LogP contribution in [0, 0.1) is 0 Å². The number of nitrogen functional groups attached to an aromatic ring is 1. The number of anilines is 1. The highest BCUT2D eigenvalue weighted by Gasteiger charge is 2.40. The molecule has 44 heavy (non-hydrogen) atoms. The Labute approximate surface area is 258 Å². The minimum Gasteiger partial charge on any atom is -0.382 e. The fourth-order valence-electron chi connectivity index (χ4n) is 4.88. The topological polar surface area (TPSA) is 154 Å². The molecule has 0 radical (unpaired) electrons. The first-order valence-corrected chi connectivity index (χ1v) is 17.6. The summed E-state index contributed by atoms with van der Waals surface area (Å²) in [6.45, 7) is 3.57. The number of hydrogen-bond acceptors (Lipinski definition) is 8. The molecule has 0 saturated heterocycles. The number of nitrogens with one attached hydrogen (secondary N) is 1. The Morgan fingerprint density at radius 1 is 1.00 bits per heavy atom. The van der Waals surface area contributed by atoms with Crippen molar-refractivity contribution in [1.29, 1.82) is 0 Å². The lowest BCUT2D eigenvalue weighted by molar-refractivity contribution is -0.174. The van der Waals surface area contributed by atoms with Gasteiger partial charge in [0.05, 0.1) is 31.6 Å². The number of halogens is 3. The Kier molecular flexibility index (Phi) is 17.2. The number of imidazole rings is 1. The van der Waals surface area contributed by atoms with E-state index in [1.54, 1.807) is 11.5 Å². The second-order valence-corrected chi connectivity index (χ2v) is 13.2. The number of rotatable bonds is 24. The number of hydrogen-bond donors (Lipinski definition) is 3. The monoisotopic (exact) mass is 650 g/mol. The zero-order valence-electron chi connectivity index (χ0n) is 26.1. The van der Waals surface area contributed by atoms with Crippen molar-refractivity contribution in [3.8, 4) is 0 Å². The fraction of sp³-hybridized carbons (Fsp3) is 0.793. The van der Waals surface area contributed by atoms with Crippen molar-refractivity contribution in [2.75, 3.05) is 18.7 Å². The maximum Gasteiger partial charge on any atom is 0.471 e. The van der Waals surface area contributed by atoms with Crippen LogP contribution in [0.5, 0.6) is 0 Å². The first-order valence-electron chi connectivity index (χ1n) is 15.8. The summed E-state index contributed by atoms with van der Waals surface area (Å²) in [6.07, 6.45) is 12.6. The van der Waals surface area contributed by atoms with Gasteiger partial charge in [-0.25, -0.2) is 15.0 Å². The molecule has 0 aliphatic heterocycles. The number of alkyl halides is 3. The minimum atomic E-state index is -5.07. The number of nitrogens with two attached hydrogens (primary N) is 1. The van der Waals surface area contributed by atoms with Gasteiger partial charge in [0.15, 0.2) is 11.5 Å². The average Bonchev–Trinajstić information content (AvgIpc) is 3.38. The molecular formula is C29H50F3N6O5P. The van der Waals surface area contributed by atoms with Crippen molar-refractivity contribution in [3.63, 3.8) is 0 Å². The minimum absolute atomic E-state index is 0.190.